The number of anilines is 2. The van der Waals surface area contributed by atoms with Gasteiger partial charge >= 0.3 is 0 Å². The molecule has 1 aromatic carbocycles. The molecule has 0 saturated carbocycles. The first-order valence-corrected chi connectivity index (χ1v) is 7.05. The summed E-state index contributed by atoms with van der Waals surface area (Å²) in [5, 5.41) is 9.50. The Labute approximate surface area is 115 Å². The summed E-state index contributed by atoms with van der Waals surface area (Å²) in [6.07, 6.45) is 3.50. The maximum atomic E-state index is 9.50. The lowest BCUT2D eigenvalue weighted by Gasteiger charge is -2.36. The lowest BCUT2D eigenvalue weighted by Crippen LogP contribution is -2.41. The third kappa shape index (κ3) is 3.53. The lowest BCUT2D eigenvalue weighted by molar-refractivity contribution is 0.237. The summed E-state index contributed by atoms with van der Waals surface area (Å²) in [6.45, 7) is 5.16. The van der Waals surface area contributed by atoms with Crippen molar-refractivity contribution in [3.8, 4) is 5.75 Å². The second kappa shape index (κ2) is 6.15. The minimum Gasteiger partial charge on any atom is -0.491 e. The minimum absolute atomic E-state index is 0.129. The third-order valence-corrected chi connectivity index (χ3v) is 3.45. The number of aliphatic hydroxyl groups is 1. The van der Waals surface area contributed by atoms with Gasteiger partial charge in [0.05, 0.1) is 18.8 Å². The van der Waals surface area contributed by atoms with E-state index in [4.69, 9.17) is 10.5 Å². The largest absolute Gasteiger partial charge is 0.491 e. The molecule has 4 heteroatoms. The molecular formula is C15H24N2O2. The zero-order chi connectivity index (χ0) is 13.8. The molecule has 1 heterocycles. The molecule has 1 atom stereocenters. The molecule has 0 spiro atoms. The average molecular weight is 264 g/mol. The molecule has 4 nitrogen and oxygen atoms in total. The van der Waals surface area contributed by atoms with Crippen LogP contribution < -0.4 is 15.4 Å². The SMILES string of the molecule is CC(C)Oc1cc(N)cc(N2CCCCC2CO)c1. The fourth-order valence-electron chi connectivity index (χ4n) is 2.64. The number of hydrogen-bond donors (Lipinski definition) is 2. The molecule has 0 amide bonds. The number of piperidine rings is 1. The van der Waals surface area contributed by atoms with Crippen LogP contribution in [0.5, 0.6) is 5.75 Å². The standard InChI is InChI=1S/C15H24N2O2/c1-11(2)19-15-8-12(16)7-14(9-15)17-6-4-3-5-13(17)10-18/h7-9,11,13,18H,3-6,10,16H2,1-2H3. The summed E-state index contributed by atoms with van der Waals surface area (Å²) in [5.41, 5.74) is 7.71. The molecule has 1 aromatic rings. The predicted molar refractivity (Wildman–Crippen MR) is 78.7 cm³/mol. The first-order valence-electron chi connectivity index (χ1n) is 7.05. The number of aliphatic hydroxyl groups excluding tert-OH is 1. The fourth-order valence-corrected chi connectivity index (χ4v) is 2.64. The second-order valence-electron chi connectivity index (χ2n) is 5.45. The predicted octanol–water partition coefficient (Wildman–Crippen LogP) is 2.41. The fraction of sp³-hybridized carbons (Fsp3) is 0.600. The van der Waals surface area contributed by atoms with E-state index in [1.165, 1.54) is 6.42 Å². The summed E-state index contributed by atoms with van der Waals surface area (Å²) in [6, 6.07) is 6.02. The number of benzene rings is 1. The molecular weight excluding hydrogens is 240 g/mol. The smallest absolute Gasteiger partial charge is 0.123 e. The molecule has 0 aromatic heterocycles. The van der Waals surface area contributed by atoms with E-state index in [0.29, 0.717) is 5.69 Å². The van der Waals surface area contributed by atoms with Crippen molar-refractivity contribution in [1.82, 2.24) is 0 Å². The van der Waals surface area contributed by atoms with Crippen LogP contribution in [0.3, 0.4) is 0 Å². The van der Waals surface area contributed by atoms with Gasteiger partial charge in [-0.15, -0.1) is 0 Å². The maximum absolute atomic E-state index is 9.50. The third-order valence-electron chi connectivity index (χ3n) is 3.45. The monoisotopic (exact) mass is 264 g/mol. The van der Waals surface area contributed by atoms with Crippen LogP contribution in [0.2, 0.25) is 0 Å². The summed E-state index contributed by atoms with van der Waals surface area (Å²) >= 11 is 0. The van der Waals surface area contributed by atoms with Gasteiger partial charge in [0.15, 0.2) is 0 Å². The Balaban J connectivity index is 2.24. The molecule has 0 radical (unpaired) electrons. The van der Waals surface area contributed by atoms with Crippen LogP contribution in [0.1, 0.15) is 33.1 Å². The van der Waals surface area contributed by atoms with E-state index in [-0.39, 0.29) is 18.8 Å². The molecule has 0 aliphatic carbocycles. The van der Waals surface area contributed by atoms with Crippen LogP contribution >= 0.6 is 0 Å². The molecule has 1 saturated heterocycles. The van der Waals surface area contributed by atoms with Gasteiger partial charge in [-0.1, -0.05) is 0 Å². The highest BCUT2D eigenvalue weighted by atomic mass is 16.5. The van der Waals surface area contributed by atoms with Crippen LogP contribution in [0.4, 0.5) is 11.4 Å². The first-order chi connectivity index (χ1) is 9.10. The van der Waals surface area contributed by atoms with Crippen molar-refractivity contribution >= 4 is 11.4 Å². The van der Waals surface area contributed by atoms with E-state index in [1.54, 1.807) is 0 Å². The quantitative estimate of drug-likeness (QED) is 0.820. The normalized spacial score (nSPS) is 19.8. The van der Waals surface area contributed by atoms with Crippen LogP contribution in [-0.2, 0) is 0 Å². The van der Waals surface area contributed by atoms with E-state index in [1.807, 2.05) is 32.0 Å². The summed E-state index contributed by atoms with van der Waals surface area (Å²) in [7, 11) is 0. The van der Waals surface area contributed by atoms with Gasteiger partial charge in [-0.05, 0) is 39.2 Å². The molecule has 2 rings (SSSR count). The molecule has 1 unspecified atom stereocenters. The molecule has 19 heavy (non-hydrogen) atoms. The summed E-state index contributed by atoms with van der Waals surface area (Å²) < 4.78 is 5.73. The molecule has 1 aliphatic heterocycles. The van der Waals surface area contributed by atoms with Crippen LogP contribution in [-0.4, -0.2) is 30.4 Å². The second-order valence-corrected chi connectivity index (χ2v) is 5.45. The van der Waals surface area contributed by atoms with E-state index in [0.717, 1.165) is 30.8 Å². The summed E-state index contributed by atoms with van der Waals surface area (Å²) in [4.78, 5) is 2.24. The zero-order valence-corrected chi connectivity index (χ0v) is 11.8. The van der Waals surface area contributed by atoms with Crippen LogP contribution in [0.25, 0.3) is 0 Å². The minimum atomic E-state index is 0.129. The van der Waals surface area contributed by atoms with Crippen molar-refractivity contribution < 1.29 is 9.84 Å². The molecule has 106 valence electrons. The molecule has 1 fully saturated rings. The molecule has 0 bridgehead atoms. The highest BCUT2D eigenvalue weighted by molar-refractivity contribution is 5.61. The van der Waals surface area contributed by atoms with E-state index in [2.05, 4.69) is 4.90 Å². The molecule has 3 N–H and O–H groups in total. The highest BCUT2D eigenvalue weighted by Crippen LogP contribution is 2.30. The molecule has 1 aliphatic rings. The van der Waals surface area contributed by atoms with Gasteiger partial charge in [0.1, 0.15) is 5.75 Å². The van der Waals surface area contributed by atoms with Crippen LogP contribution in [0, 0.1) is 0 Å². The van der Waals surface area contributed by atoms with E-state index < -0.39 is 0 Å². The number of hydrogen-bond acceptors (Lipinski definition) is 4. The van der Waals surface area contributed by atoms with Gasteiger partial charge in [0.25, 0.3) is 0 Å². The number of nitrogen functional groups attached to an aromatic ring is 1. The maximum Gasteiger partial charge on any atom is 0.123 e. The van der Waals surface area contributed by atoms with Crippen LogP contribution in [0.15, 0.2) is 18.2 Å². The highest BCUT2D eigenvalue weighted by Gasteiger charge is 2.22. The van der Waals surface area contributed by atoms with Gasteiger partial charge < -0.3 is 20.5 Å². The topological polar surface area (TPSA) is 58.7 Å². The number of rotatable bonds is 4. The van der Waals surface area contributed by atoms with Gasteiger partial charge in [0.2, 0.25) is 0 Å². The zero-order valence-electron chi connectivity index (χ0n) is 11.8. The Morgan fingerprint density at radius 1 is 1.37 bits per heavy atom. The Morgan fingerprint density at radius 3 is 2.84 bits per heavy atom. The number of ether oxygens (including phenoxy) is 1. The number of nitrogens with two attached hydrogens (primary N) is 1. The lowest BCUT2D eigenvalue weighted by atomic mass is 10.0. The van der Waals surface area contributed by atoms with Crippen molar-refractivity contribution in [2.24, 2.45) is 0 Å². The number of nitrogens with zero attached hydrogens (tertiary/aromatic N) is 1. The summed E-state index contributed by atoms with van der Waals surface area (Å²) in [5.74, 6) is 0.798. The van der Waals surface area contributed by atoms with Gasteiger partial charge in [-0.3, -0.25) is 0 Å². The van der Waals surface area contributed by atoms with Crippen molar-refractivity contribution in [3.05, 3.63) is 18.2 Å². The van der Waals surface area contributed by atoms with Crippen molar-refractivity contribution in [3.63, 3.8) is 0 Å². The van der Waals surface area contributed by atoms with Crippen molar-refractivity contribution in [1.29, 1.82) is 0 Å². The van der Waals surface area contributed by atoms with E-state index in [9.17, 15) is 5.11 Å². The first kappa shape index (κ1) is 14.0. The van der Waals surface area contributed by atoms with Gasteiger partial charge in [-0.2, -0.15) is 0 Å². The Morgan fingerprint density at radius 2 is 2.16 bits per heavy atom. The van der Waals surface area contributed by atoms with Crippen molar-refractivity contribution in [2.45, 2.75) is 45.3 Å². The van der Waals surface area contributed by atoms with E-state index >= 15 is 0 Å². The van der Waals surface area contributed by atoms with Gasteiger partial charge in [0, 0.05) is 30.1 Å². The average Bonchev–Trinajstić information content (AvgIpc) is 2.37. The Bertz CT molecular complexity index is 421. The Kier molecular flexibility index (Phi) is 4.53. The Hall–Kier alpha value is -1.42. The van der Waals surface area contributed by atoms with Gasteiger partial charge in [-0.25, -0.2) is 0 Å². The van der Waals surface area contributed by atoms with Crippen molar-refractivity contribution in [2.75, 3.05) is 23.8 Å².